The zero-order chi connectivity index (χ0) is 14.6. The summed E-state index contributed by atoms with van der Waals surface area (Å²) in [6.07, 6.45) is 1.32. The molecule has 0 radical (unpaired) electrons. The van der Waals surface area contributed by atoms with Crippen LogP contribution in [0.4, 0.5) is 5.82 Å². The van der Waals surface area contributed by atoms with Crippen molar-refractivity contribution in [3.63, 3.8) is 0 Å². The number of hydrogen-bond donors (Lipinski definition) is 2. The summed E-state index contributed by atoms with van der Waals surface area (Å²) >= 11 is 6.03. The fourth-order valence-electron chi connectivity index (χ4n) is 2.14. The molecule has 0 bridgehead atoms. The number of nitrogens with one attached hydrogen (secondary N) is 1. The van der Waals surface area contributed by atoms with E-state index >= 15 is 0 Å². The van der Waals surface area contributed by atoms with Crippen molar-refractivity contribution in [1.29, 1.82) is 0 Å². The number of carboxylic acid groups (broad SMARTS) is 1. The van der Waals surface area contributed by atoms with E-state index in [1.807, 2.05) is 0 Å². The normalized spacial score (nSPS) is 11.4. The van der Waals surface area contributed by atoms with E-state index in [0.717, 1.165) is 6.54 Å². The number of carboxylic acids is 1. The van der Waals surface area contributed by atoms with Gasteiger partial charge in [-0.05, 0) is 23.8 Å². The Kier molecular flexibility index (Phi) is 5.60. The van der Waals surface area contributed by atoms with Crippen molar-refractivity contribution < 1.29 is 9.90 Å². The van der Waals surface area contributed by atoms with E-state index in [4.69, 9.17) is 16.7 Å². The monoisotopic (exact) mass is 284 g/mol. The highest BCUT2D eigenvalue weighted by Crippen LogP contribution is 2.24. The van der Waals surface area contributed by atoms with Crippen molar-refractivity contribution in [3.05, 3.63) is 22.8 Å². The van der Waals surface area contributed by atoms with E-state index in [9.17, 15) is 4.79 Å². The fraction of sp³-hybridized carbons (Fsp3) is 0.571. The molecule has 0 atom stereocenters. The summed E-state index contributed by atoms with van der Waals surface area (Å²) in [4.78, 5) is 14.9. The number of aromatic nitrogens is 1. The van der Waals surface area contributed by atoms with Crippen molar-refractivity contribution in [2.24, 2.45) is 17.8 Å². The number of halogens is 1. The Hall–Kier alpha value is -1.29. The smallest absolute Gasteiger partial charge is 0.337 e. The van der Waals surface area contributed by atoms with Crippen LogP contribution < -0.4 is 5.32 Å². The van der Waals surface area contributed by atoms with E-state index in [2.05, 4.69) is 38.0 Å². The zero-order valence-corrected chi connectivity index (χ0v) is 12.5. The van der Waals surface area contributed by atoms with Gasteiger partial charge in [-0.1, -0.05) is 39.3 Å². The Morgan fingerprint density at radius 1 is 1.37 bits per heavy atom. The van der Waals surface area contributed by atoms with Crippen molar-refractivity contribution in [3.8, 4) is 0 Å². The SMILES string of the molecule is CC(C)C(CNc1ncc(C(=O)O)cc1Cl)C(C)C. The van der Waals surface area contributed by atoms with Crippen LogP contribution in [0.3, 0.4) is 0 Å². The molecule has 2 N–H and O–H groups in total. The van der Waals surface area contributed by atoms with E-state index in [-0.39, 0.29) is 5.56 Å². The zero-order valence-electron chi connectivity index (χ0n) is 11.8. The Labute approximate surface area is 119 Å². The van der Waals surface area contributed by atoms with Gasteiger partial charge in [0.1, 0.15) is 5.82 Å². The highest BCUT2D eigenvalue weighted by molar-refractivity contribution is 6.33. The third-order valence-corrected chi connectivity index (χ3v) is 3.59. The molecule has 0 saturated carbocycles. The van der Waals surface area contributed by atoms with Gasteiger partial charge in [-0.2, -0.15) is 0 Å². The highest BCUT2D eigenvalue weighted by atomic mass is 35.5. The van der Waals surface area contributed by atoms with Crippen molar-refractivity contribution in [2.45, 2.75) is 27.7 Å². The van der Waals surface area contributed by atoms with E-state index in [0.29, 0.717) is 28.6 Å². The molecule has 0 fully saturated rings. The Morgan fingerprint density at radius 3 is 2.37 bits per heavy atom. The lowest BCUT2D eigenvalue weighted by Crippen LogP contribution is -2.25. The van der Waals surface area contributed by atoms with Crippen LogP contribution in [0.1, 0.15) is 38.1 Å². The van der Waals surface area contributed by atoms with Crippen molar-refractivity contribution in [1.82, 2.24) is 4.98 Å². The summed E-state index contributed by atoms with van der Waals surface area (Å²) in [5, 5.41) is 12.4. The summed E-state index contributed by atoms with van der Waals surface area (Å²) in [7, 11) is 0. The molecule has 1 aromatic rings. The van der Waals surface area contributed by atoms with Gasteiger partial charge in [-0.25, -0.2) is 9.78 Å². The van der Waals surface area contributed by atoms with Crippen LogP contribution in [0.2, 0.25) is 5.02 Å². The Balaban J connectivity index is 2.75. The minimum Gasteiger partial charge on any atom is -0.478 e. The van der Waals surface area contributed by atoms with Crippen LogP contribution in [0.25, 0.3) is 0 Å². The number of pyridine rings is 1. The molecule has 0 spiro atoms. The number of hydrogen-bond acceptors (Lipinski definition) is 3. The number of rotatable bonds is 6. The van der Waals surface area contributed by atoms with Gasteiger partial charge in [-0.15, -0.1) is 0 Å². The Morgan fingerprint density at radius 2 is 1.95 bits per heavy atom. The number of anilines is 1. The standard InChI is InChI=1S/C14H21ClN2O2/c1-8(2)11(9(3)4)7-17-13-12(15)5-10(6-16-13)14(18)19/h5-6,8-9,11H,7H2,1-4H3,(H,16,17)(H,18,19). The number of carbonyl (C=O) groups is 1. The van der Waals surface area contributed by atoms with E-state index in [1.54, 1.807) is 0 Å². The minimum atomic E-state index is -1.02. The van der Waals surface area contributed by atoms with E-state index < -0.39 is 5.97 Å². The first kappa shape index (κ1) is 15.8. The molecule has 0 unspecified atom stereocenters. The summed E-state index contributed by atoms with van der Waals surface area (Å²) < 4.78 is 0. The quantitative estimate of drug-likeness (QED) is 0.835. The molecule has 106 valence electrons. The van der Waals surface area contributed by atoms with Gasteiger partial charge in [0.2, 0.25) is 0 Å². The predicted molar refractivity (Wildman–Crippen MR) is 77.9 cm³/mol. The molecule has 0 aliphatic carbocycles. The summed E-state index contributed by atoms with van der Waals surface area (Å²) in [5.41, 5.74) is 0.0971. The molecule has 0 aliphatic heterocycles. The fourth-order valence-corrected chi connectivity index (χ4v) is 2.37. The predicted octanol–water partition coefficient (Wildman–Crippen LogP) is 3.77. The average molecular weight is 285 g/mol. The lowest BCUT2D eigenvalue weighted by molar-refractivity contribution is 0.0696. The molecule has 0 saturated heterocycles. The number of nitrogens with zero attached hydrogens (tertiary/aromatic N) is 1. The van der Waals surface area contributed by atoms with Crippen LogP contribution in [0.15, 0.2) is 12.3 Å². The molecule has 1 rings (SSSR count). The van der Waals surface area contributed by atoms with Gasteiger partial charge < -0.3 is 10.4 Å². The van der Waals surface area contributed by atoms with Crippen LogP contribution >= 0.6 is 11.6 Å². The van der Waals surface area contributed by atoms with Gasteiger partial charge in [0.25, 0.3) is 0 Å². The van der Waals surface area contributed by atoms with Gasteiger partial charge in [0.15, 0.2) is 0 Å². The molecule has 0 amide bonds. The average Bonchev–Trinajstić information content (AvgIpc) is 2.29. The molecule has 5 heteroatoms. The maximum atomic E-state index is 10.8. The lowest BCUT2D eigenvalue weighted by atomic mass is 9.85. The molecule has 4 nitrogen and oxygen atoms in total. The molecular weight excluding hydrogens is 264 g/mol. The largest absolute Gasteiger partial charge is 0.478 e. The molecule has 1 heterocycles. The molecule has 19 heavy (non-hydrogen) atoms. The highest BCUT2D eigenvalue weighted by Gasteiger charge is 2.18. The van der Waals surface area contributed by atoms with Crippen molar-refractivity contribution in [2.75, 3.05) is 11.9 Å². The van der Waals surface area contributed by atoms with Crippen LogP contribution in [-0.4, -0.2) is 22.6 Å². The first-order chi connectivity index (χ1) is 8.82. The molecular formula is C14H21ClN2O2. The third-order valence-electron chi connectivity index (χ3n) is 3.31. The second kappa shape index (κ2) is 6.75. The third kappa shape index (κ3) is 4.39. The molecule has 0 aromatic carbocycles. The van der Waals surface area contributed by atoms with Crippen LogP contribution in [0, 0.1) is 17.8 Å². The topological polar surface area (TPSA) is 62.2 Å². The maximum Gasteiger partial charge on any atom is 0.337 e. The van der Waals surface area contributed by atoms with Crippen LogP contribution in [0.5, 0.6) is 0 Å². The van der Waals surface area contributed by atoms with Gasteiger partial charge in [0, 0.05) is 12.7 Å². The van der Waals surface area contributed by atoms with E-state index in [1.165, 1.54) is 12.3 Å². The van der Waals surface area contributed by atoms with Crippen molar-refractivity contribution >= 4 is 23.4 Å². The molecule has 1 aromatic heterocycles. The minimum absolute atomic E-state index is 0.0971. The first-order valence-electron chi connectivity index (χ1n) is 6.45. The summed E-state index contributed by atoms with van der Waals surface area (Å²) in [5.74, 6) is 1.15. The van der Waals surface area contributed by atoms with Gasteiger partial charge in [-0.3, -0.25) is 0 Å². The summed E-state index contributed by atoms with van der Waals surface area (Å²) in [6.45, 7) is 9.53. The maximum absolute atomic E-state index is 10.8. The van der Waals surface area contributed by atoms with Gasteiger partial charge >= 0.3 is 5.97 Å². The molecule has 0 aliphatic rings. The first-order valence-corrected chi connectivity index (χ1v) is 6.83. The van der Waals surface area contributed by atoms with Gasteiger partial charge in [0.05, 0.1) is 10.6 Å². The number of aromatic carboxylic acids is 1. The second-order valence-corrected chi connectivity index (χ2v) is 5.80. The summed E-state index contributed by atoms with van der Waals surface area (Å²) in [6, 6.07) is 1.42. The van der Waals surface area contributed by atoms with Crippen LogP contribution in [-0.2, 0) is 0 Å². The Bertz CT molecular complexity index is 439. The lowest BCUT2D eigenvalue weighted by Gasteiger charge is -2.25. The second-order valence-electron chi connectivity index (χ2n) is 5.39.